The van der Waals surface area contributed by atoms with Crippen LogP contribution in [-0.4, -0.2) is 30.8 Å². The number of anilines is 2. The van der Waals surface area contributed by atoms with E-state index in [0.717, 1.165) is 0 Å². The summed E-state index contributed by atoms with van der Waals surface area (Å²) < 4.78 is 4.61. The zero-order valence-electron chi connectivity index (χ0n) is 9.64. The molecule has 0 aliphatic rings. The number of carbonyl (C=O) groups excluding carboxylic acids is 1. The largest absolute Gasteiger partial charge is 0.478 e. The molecule has 1 rings (SSSR count). The van der Waals surface area contributed by atoms with Gasteiger partial charge in [0.15, 0.2) is 0 Å². The molecular weight excluding hydrogens is 224 g/mol. The average Bonchev–Trinajstić information content (AvgIpc) is 2.31. The van der Waals surface area contributed by atoms with Gasteiger partial charge in [-0.3, -0.25) is 4.90 Å². The van der Waals surface area contributed by atoms with Crippen molar-refractivity contribution in [1.82, 2.24) is 0 Å². The fraction of sp³-hybridized carbons (Fsp3) is 0.273. The molecule has 1 amide bonds. The number of nitrogen functional groups attached to an aromatic ring is 1. The summed E-state index contributed by atoms with van der Waals surface area (Å²) in [5, 5.41) is 8.79. The number of nitrogens with two attached hydrogens (primary N) is 1. The Morgan fingerprint density at radius 1 is 1.47 bits per heavy atom. The van der Waals surface area contributed by atoms with Gasteiger partial charge < -0.3 is 15.6 Å². The summed E-state index contributed by atoms with van der Waals surface area (Å²) in [7, 11) is 1.27. The molecule has 0 saturated heterocycles. The number of amides is 1. The molecule has 0 spiro atoms. The summed E-state index contributed by atoms with van der Waals surface area (Å²) in [5.41, 5.74) is 6.45. The van der Waals surface area contributed by atoms with Crippen LogP contribution in [0.2, 0.25) is 0 Å². The number of carbonyl (C=O) groups is 2. The molecule has 0 atom stereocenters. The van der Waals surface area contributed by atoms with Crippen LogP contribution < -0.4 is 10.6 Å². The summed E-state index contributed by atoms with van der Waals surface area (Å²) in [6, 6.07) is 4.18. The van der Waals surface area contributed by atoms with Gasteiger partial charge in [0.1, 0.15) is 0 Å². The predicted molar refractivity (Wildman–Crippen MR) is 63.2 cm³/mol. The van der Waals surface area contributed by atoms with Crippen LogP contribution in [0.5, 0.6) is 0 Å². The standard InChI is InChI=1S/C11H14N2O4/c1-3-13(11(16)17-2)9-5-4-7(10(14)15)6-8(9)12/h4-6H,3,12H2,1-2H3,(H,14,15). The van der Waals surface area contributed by atoms with Gasteiger partial charge >= 0.3 is 12.1 Å². The molecule has 0 aliphatic carbocycles. The molecular formula is C11H14N2O4. The molecule has 0 bridgehead atoms. The Labute approximate surface area is 98.6 Å². The first-order valence-corrected chi connectivity index (χ1v) is 4.99. The highest BCUT2D eigenvalue weighted by molar-refractivity contribution is 5.95. The van der Waals surface area contributed by atoms with E-state index in [9.17, 15) is 9.59 Å². The number of carboxylic acids is 1. The van der Waals surface area contributed by atoms with Crippen LogP contribution in [0.25, 0.3) is 0 Å². The maximum Gasteiger partial charge on any atom is 0.414 e. The number of hydrogen-bond acceptors (Lipinski definition) is 4. The first-order chi connectivity index (χ1) is 8.01. The van der Waals surface area contributed by atoms with Crippen LogP contribution >= 0.6 is 0 Å². The molecule has 1 aromatic rings. The normalized spacial score (nSPS) is 9.76. The lowest BCUT2D eigenvalue weighted by Gasteiger charge is -2.21. The molecule has 17 heavy (non-hydrogen) atoms. The highest BCUT2D eigenvalue weighted by Crippen LogP contribution is 2.24. The van der Waals surface area contributed by atoms with Gasteiger partial charge in [0, 0.05) is 6.54 Å². The van der Waals surface area contributed by atoms with Crippen molar-refractivity contribution in [2.24, 2.45) is 0 Å². The van der Waals surface area contributed by atoms with E-state index in [1.807, 2.05) is 0 Å². The molecule has 6 nitrogen and oxygen atoms in total. The van der Waals surface area contributed by atoms with Crippen LogP contribution in [0.3, 0.4) is 0 Å². The summed E-state index contributed by atoms with van der Waals surface area (Å²) in [4.78, 5) is 23.5. The zero-order valence-corrected chi connectivity index (χ0v) is 9.64. The predicted octanol–water partition coefficient (Wildman–Crippen LogP) is 1.56. The fourth-order valence-corrected chi connectivity index (χ4v) is 1.44. The van der Waals surface area contributed by atoms with Crippen molar-refractivity contribution < 1.29 is 19.4 Å². The Morgan fingerprint density at radius 3 is 2.53 bits per heavy atom. The summed E-state index contributed by atoms with van der Waals surface area (Å²) in [6.07, 6.45) is -0.540. The van der Waals surface area contributed by atoms with Crippen molar-refractivity contribution in [2.45, 2.75) is 6.92 Å². The zero-order chi connectivity index (χ0) is 13.0. The quantitative estimate of drug-likeness (QED) is 0.779. The van der Waals surface area contributed by atoms with Crippen LogP contribution in [-0.2, 0) is 4.74 Å². The van der Waals surface area contributed by atoms with Crippen molar-refractivity contribution in [1.29, 1.82) is 0 Å². The van der Waals surface area contributed by atoms with Crippen LogP contribution in [0.4, 0.5) is 16.2 Å². The smallest absolute Gasteiger partial charge is 0.414 e. The van der Waals surface area contributed by atoms with Crippen molar-refractivity contribution in [2.75, 3.05) is 24.3 Å². The third-order valence-electron chi connectivity index (χ3n) is 2.28. The molecule has 0 radical (unpaired) electrons. The number of benzene rings is 1. The van der Waals surface area contributed by atoms with E-state index in [4.69, 9.17) is 10.8 Å². The lowest BCUT2D eigenvalue weighted by molar-refractivity contribution is 0.0697. The minimum absolute atomic E-state index is 0.0761. The Hall–Kier alpha value is -2.24. The van der Waals surface area contributed by atoms with E-state index < -0.39 is 12.1 Å². The monoisotopic (exact) mass is 238 g/mol. The van der Waals surface area contributed by atoms with Crippen LogP contribution in [0.15, 0.2) is 18.2 Å². The van der Waals surface area contributed by atoms with Gasteiger partial charge in [-0.15, -0.1) is 0 Å². The van der Waals surface area contributed by atoms with Gasteiger partial charge in [-0.1, -0.05) is 0 Å². The third-order valence-corrected chi connectivity index (χ3v) is 2.28. The van der Waals surface area contributed by atoms with Crippen molar-refractivity contribution in [3.05, 3.63) is 23.8 Å². The molecule has 92 valence electrons. The minimum atomic E-state index is -1.07. The molecule has 0 aromatic heterocycles. The number of carboxylic acid groups (broad SMARTS) is 1. The topological polar surface area (TPSA) is 92.9 Å². The van der Waals surface area contributed by atoms with Gasteiger partial charge in [0.05, 0.1) is 24.0 Å². The number of hydrogen-bond donors (Lipinski definition) is 2. The van der Waals surface area contributed by atoms with Gasteiger partial charge in [0.2, 0.25) is 0 Å². The third kappa shape index (κ3) is 2.66. The lowest BCUT2D eigenvalue weighted by atomic mass is 10.1. The van der Waals surface area contributed by atoms with Crippen LogP contribution in [0, 0.1) is 0 Å². The highest BCUT2D eigenvalue weighted by Gasteiger charge is 2.17. The maximum atomic E-state index is 11.4. The van der Waals surface area contributed by atoms with Crippen molar-refractivity contribution >= 4 is 23.4 Å². The molecule has 0 unspecified atom stereocenters. The fourth-order valence-electron chi connectivity index (χ4n) is 1.44. The second-order valence-corrected chi connectivity index (χ2v) is 3.29. The molecule has 0 saturated carbocycles. The first kappa shape index (κ1) is 12.8. The van der Waals surface area contributed by atoms with Crippen LogP contribution in [0.1, 0.15) is 17.3 Å². The number of methoxy groups -OCH3 is 1. The highest BCUT2D eigenvalue weighted by atomic mass is 16.5. The van der Waals surface area contributed by atoms with E-state index in [2.05, 4.69) is 4.74 Å². The SMILES string of the molecule is CCN(C(=O)OC)c1ccc(C(=O)O)cc1N. The number of ether oxygens (including phenoxy) is 1. The Bertz CT molecular complexity index is 445. The number of rotatable bonds is 3. The molecule has 6 heteroatoms. The van der Waals surface area contributed by atoms with E-state index in [-0.39, 0.29) is 11.3 Å². The summed E-state index contributed by atoms with van der Waals surface area (Å²) in [6.45, 7) is 2.14. The summed E-state index contributed by atoms with van der Waals surface area (Å²) in [5.74, 6) is -1.07. The molecule has 0 aliphatic heterocycles. The van der Waals surface area contributed by atoms with Crippen molar-refractivity contribution in [3.8, 4) is 0 Å². The van der Waals surface area contributed by atoms with Gasteiger partial charge in [-0.25, -0.2) is 9.59 Å². The molecule has 0 fully saturated rings. The first-order valence-electron chi connectivity index (χ1n) is 4.99. The van der Waals surface area contributed by atoms with Gasteiger partial charge in [-0.05, 0) is 25.1 Å². The number of aromatic carboxylic acids is 1. The second-order valence-electron chi connectivity index (χ2n) is 3.29. The van der Waals surface area contributed by atoms with Gasteiger partial charge in [-0.2, -0.15) is 0 Å². The second kappa shape index (κ2) is 5.20. The van der Waals surface area contributed by atoms with Gasteiger partial charge in [0.25, 0.3) is 0 Å². The average molecular weight is 238 g/mol. The maximum absolute atomic E-state index is 11.4. The van der Waals surface area contributed by atoms with E-state index in [1.165, 1.54) is 30.2 Å². The minimum Gasteiger partial charge on any atom is -0.478 e. The van der Waals surface area contributed by atoms with E-state index in [0.29, 0.717) is 12.2 Å². The lowest BCUT2D eigenvalue weighted by Crippen LogP contribution is -2.31. The summed E-state index contributed by atoms with van der Waals surface area (Å²) >= 11 is 0. The Balaban J connectivity index is 3.13. The molecule has 1 aromatic carbocycles. The molecule has 0 heterocycles. The molecule has 3 N–H and O–H groups in total. The Morgan fingerprint density at radius 2 is 2.12 bits per heavy atom. The van der Waals surface area contributed by atoms with E-state index in [1.54, 1.807) is 6.92 Å². The van der Waals surface area contributed by atoms with E-state index >= 15 is 0 Å². The number of nitrogens with zero attached hydrogens (tertiary/aromatic N) is 1. The Kier molecular flexibility index (Phi) is 3.92. The van der Waals surface area contributed by atoms with Crippen molar-refractivity contribution in [3.63, 3.8) is 0 Å².